The number of amides is 1. The first-order valence-electron chi connectivity index (χ1n) is 6.86. The third kappa shape index (κ3) is 3.63. The van der Waals surface area contributed by atoms with Crippen LogP contribution in [0.3, 0.4) is 0 Å². The average molecular weight is 300 g/mol. The summed E-state index contributed by atoms with van der Waals surface area (Å²) in [6, 6.07) is 4.35. The van der Waals surface area contributed by atoms with Crippen LogP contribution in [-0.4, -0.2) is 24.9 Å². The standard InChI is InChI=1S/C15H19ClFNO2/c1-20-13-7-3-6-12(17)14(13)15(19)18-9-10-4-2-5-11(16)8-10/h3,6-7,10-11H,2,4-5,8-9H2,1H3,(H,18,19). The predicted octanol–water partition coefficient (Wildman–Crippen LogP) is 3.36. The van der Waals surface area contributed by atoms with Crippen LogP contribution in [0.4, 0.5) is 4.39 Å². The Morgan fingerprint density at radius 3 is 3.00 bits per heavy atom. The Balaban J connectivity index is 1.98. The number of ether oxygens (including phenoxy) is 1. The molecule has 0 bridgehead atoms. The number of rotatable bonds is 4. The van der Waals surface area contributed by atoms with Crippen molar-refractivity contribution in [3.63, 3.8) is 0 Å². The molecule has 1 aromatic rings. The van der Waals surface area contributed by atoms with Crippen molar-refractivity contribution in [2.75, 3.05) is 13.7 Å². The lowest BCUT2D eigenvalue weighted by Gasteiger charge is -2.25. The maximum absolute atomic E-state index is 13.8. The second kappa shape index (κ2) is 6.93. The first-order chi connectivity index (χ1) is 9.61. The molecule has 1 N–H and O–H groups in total. The van der Waals surface area contributed by atoms with Crippen LogP contribution >= 0.6 is 11.6 Å². The molecule has 1 fully saturated rings. The van der Waals surface area contributed by atoms with Gasteiger partial charge in [-0.25, -0.2) is 4.39 Å². The Morgan fingerprint density at radius 2 is 2.30 bits per heavy atom. The van der Waals surface area contributed by atoms with Crippen LogP contribution in [0.25, 0.3) is 0 Å². The van der Waals surface area contributed by atoms with Crippen molar-refractivity contribution in [1.82, 2.24) is 5.32 Å². The molecule has 0 radical (unpaired) electrons. The maximum Gasteiger partial charge on any atom is 0.258 e. The van der Waals surface area contributed by atoms with Gasteiger partial charge in [0.15, 0.2) is 0 Å². The summed E-state index contributed by atoms with van der Waals surface area (Å²) >= 11 is 6.12. The minimum Gasteiger partial charge on any atom is -0.496 e. The van der Waals surface area contributed by atoms with Gasteiger partial charge in [-0.1, -0.05) is 12.5 Å². The van der Waals surface area contributed by atoms with Gasteiger partial charge in [-0.05, 0) is 37.3 Å². The number of halogens is 2. The van der Waals surface area contributed by atoms with E-state index >= 15 is 0 Å². The fourth-order valence-electron chi connectivity index (χ4n) is 2.63. The predicted molar refractivity (Wildman–Crippen MR) is 76.9 cm³/mol. The smallest absolute Gasteiger partial charge is 0.258 e. The zero-order valence-electron chi connectivity index (χ0n) is 11.5. The molecule has 2 atom stereocenters. The van der Waals surface area contributed by atoms with Gasteiger partial charge in [-0.2, -0.15) is 0 Å². The van der Waals surface area contributed by atoms with E-state index in [2.05, 4.69) is 5.32 Å². The average Bonchev–Trinajstić information content (AvgIpc) is 2.44. The highest BCUT2D eigenvalue weighted by Gasteiger charge is 2.22. The molecule has 5 heteroatoms. The highest BCUT2D eigenvalue weighted by Crippen LogP contribution is 2.27. The van der Waals surface area contributed by atoms with E-state index < -0.39 is 11.7 Å². The lowest BCUT2D eigenvalue weighted by atomic mass is 9.89. The molecule has 20 heavy (non-hydrogen) atoms. The van der Waals surface area contributed by atoms with Crippen LogP contribution in [0.1, 0.15) is 36.0 Å². The number of nitrogens with one attached hydrogen (secondary N) is 1. The number of benzene rings is 1. The van der Waals surface area contributed by atoms with Crippen molar-refractivity contribution in [2.45, 2.75) is 31.1 Å². The van der Waals surface area contributed by atoms with Crippen molar-refractivity contribution in [1.29, 1.82) is 0 Å². The van der Waals surface area contributed by atoms with E-state index in [1.807, 2.05) is 0 Å². The molecule has 0 aliphatic heterocycles. The van der Waals surface area contributed by atoms with Crippen LogP contribution in [-0.2, 0) is 0 Å². The van der Waals surface area contributed by atoms with Crippen molar-refractivity contribution >= 4 is 17.5 Å². The topological polar surface area (TPSA) is 38.3 Å². The Hall–Kier alpha value is -1.29. The van der Waals surface area contributed by atoms with Gasteiger partial charge in [0.2, 0.25) is 0 Å². The van der Waals surface area contributed by atoms with E-state index in [0.29, 0.717) is 12.5 Å². The van der Waals surface area contributed by atoms with E-state index in [4.69, 9.17) is 16.3 Å². The SMILES string of the molecule is COc1cccc(F)c1C(=O)NCC1CCCC(Cl)C1. The van der Waals surface area contributed by atoms with E-state index in [9.17, 15) is 9.18 Å². The molecule has 1 amide bonds. The number of carbonyl (C=O) groups is 1. The van der Waals surface area contributed by atoms with Gasteiger partial charge in [-0.15, -0.1) is 11.6 Å². The van der Waals surface area contributed by atoms with Gasteiger partial charge in [0.05, 0.1) is 7.11 Å². The summed E-state index contributed by atoms with van der Waals surface area (Å²) in [5, 5.41) is 2.98. The molecule has 0 aromatic heterocycles. The highest BCUT2D eigenvalue weighted by molar-refractivity contribution is 6.20. The molecule has 110 valence electrons. The van der Waals surface area contributed by atoms with E-state index in [0.717, 1.165) is 25.7 Å². The quantitative estimate of drug-likeness (QED) is 0.866. The molecular weight excluding hydrogens is 281 g/mol. The van der Waals surface area contributed by atoms with Gasteiger partial charge in [0.1, 0.15) is 17.1 Å². The van der Waals surface area contributed by atoms with E-state index in [1.165, 1.54) is 19.2 Å². The Bertz CT molecular complexity index is 481. The van der Waals surface area contributed by atoms with Crippen LogP contribution < -0.4 is 10.1 Å². The lowest BCUT2D eigenvalue weighted by Crippen LogP contribution is -2.32. The molecule has 1 aromatic carbocycles. The van der Waals surface area contributed by atoms with Crippen LogP contribution in [0, 0.1) is 11.7 Å². The second-order valence-electron chi connectivity index (χ2n) is 5.16. The molecular formula is C15H19ClFNO2. The Morgan fingerprint density at radius 1 is 1.50 bits per heavy atom. The fraction of sp³-hybridized carbons (Fsp3) is 0.533. The van der Waals surface area contributed by atoms with Crippen LogP contribution in [0.2, 0.25) is 0 Å². The summed E-state index contributed by atoms with van der Waals surface area (Å²) in [4.78, 5) is 12.1. The Labute approximate surface area is 123 Å². The third-order valence-corrected chi connectivity index (χ3v) is 4.09. The van der Waals surface area contributed by atoms with Gasteiger partial charge in [-0.3, -0.25) is 4.79 Å². The van der Waals surface area contributed by atoms with Crippen molar-refractivity contribution in [3.8, 4) is 5.75 Å². The first kappa shape index (κ1) is 15.1. The second-order valence-corrected chi connectivity index (χ2v) is 5.77. The molecule has 1 saturated carbocycles. The normalized spacial score (nSPS) is 22.4. The summed E-state index contributed by atoms with van der Waals surface area (Å²) in [6.07, 6.45) is 4.07. The summed E-state index contributed by atoms with van der Waals surface area (Å²) in [5.41, 5.74) is -0.0340. The molecule has 0 saturated heterocycles. The molecule has 0 spiro atoms. The fourth-order valence-corrected chi connectivity index (χ4v) is 3.04. The zero-order chi connectivity index (χ0) is 14.5. The highest BCUT2D eigenvalue weighted by atomic mass is 35.5. The van der Waals surface area contributed by atoms with Crippen molar-refractivity contribution < 1.29 is 13.9 Å². The van der Waals surface area contributed by atoms with Gasteiger partial charge in [0.25, 0.3) is 5.91 Å². The van der Waals surface area contributed by atoms with Crippen molar-refractivity contribution in [3.05, 3.63) is 29.6 Å². The molecule has 2 unspecified atom stereocenters. The zero-order valence-corrected chi connectivity index (χ0v) is 12.3. The lowest BCUT2D eigenvalue weighted by molar-refractivity contribution is 0.0936. The summed E-state index contributed by atoms with van der Waals surface area (Å²) < 4.78 is 18.8. The summed E-state index contributed by atoms with van der Waals surface area (Å²) in [6.45, 7) is 0.527. The number of carbonyl (C=O) groups excluding carboxylic acids is 1. The van der Waals surface area contributed by atoms with Crippen molar-refractivity contribution in [2.24, 2.45) is 5.92 Å². The first-order valence-corrected chi connectivity index (χ1v) is 7.30. The largest absolute Gasteiger partial charge is 0.496 e. The summed E-state index contributed by atoms with van der Waals surface area (Å²) in [7, 11) is 1.42. The van der Waals surface area contributed by atoms with Gasteiger partial charge in [0, 0.05) is 11.9 Å². The molecule has 1 aliphatic rings. The number of alkyl halides is 1. The summed E-state index contributed by atoms with van der Waals surface area (Å²) in [5.74, 6) is -0.383. The minimum atomic E-state index is -0.569. The molecule has 0 heterocycles. The molecule has 3 nitrogen and oxygen atoms in total. The Kier molecular flexibility index (Phi) is 5.24. The van der Waals surface area contributed by atoms with Crippen LogP contribution in [0.15, 0.2) is 18.2 Å². The maximum atomic E-state index is 13.8. The van der Waals surface area contributed by atoms with Gasteiger partial charge < -0.3 is 10.1 Å². The number of methoxy groups -OCH3 is 1. The van der Waals surface area contributed by atoms with Gasteiger partial charge >= 0.3 is 0 Å². The van der Waals surface area contributed by atoms with Crippen LogP contribution in [0.5, 0.6) is 5.75 Å². The number of hydrogen-bond acceptors (Lipinski definition) is 2. The van der Waals surface area contributed by atoms with E-state index in [1.54, 1.807) is 6.07 Å². The monoisotopic (exact) mass is 299 g/mol. The number of hydrogen-bond donors (Lipinski definition) is 1. The van der Waals surface area contributed by atoms with E-state index in [-0.39, 0.29) is 16.7 Å². The molecule has 1 aliphatic carbocycles. The molecule has 2 rings (SSSR count). The third-order valence-electron chi connectivity index (χ3n) is 3.69. The minimum absolute atomic E-state index is 0.0340.